The summed E-state index contributed by atoms with van der Waals surface area (Å²) < 4.78 is 11.0. The summed E-state index contributed by atoms with van der Waals surface area (Å²) in [4.78, 5) is 47.7. The molecule has 0 unspecified atom stereocenters. The molecule has 1 aliphatic heterocycles. The number of ether oxygens (including phenoxy) is 2. The Bertz CT molecular complexity index is 1300. The average Bonchev–Trinajstić information content (AvgIpc) is 3.42. The van der Waals surface area contributed by atoms with E-state index in [0.29, 0.717) is 24.3 Å². The van der Waals surface area contributed by atoms with Gasteiger partial charge in [-0.3, -0.25) is 14.7 Å². The second-order valence-corrected chi connectivity index (χ2v) is 11.3. The van der Waals surface area contributed by atoms with Crippen LogP contribution in [0, 0.1) is 0 Å². The van der Waals surface area contributed by atoms with Crippen LogP contribution in [0.2, 0.25) is 0 Å². The zero-order chi connectivity index (χ0) is 27.0. The van der Waals surface area contributed by atoms with Gasteiger partial charge in [-0.15, -0.1) is 0 Å². The maximum absolute atomic E-state index is 13.6. The largest absolute Gasteiger partial charge is 0.455 e. The zero-order valence-electron chi connectivity index (χ0n) is 22.1. The number of pyridine rings is 1. The maximum atomic E-state index is 13.6. The van der Waals surface area contributed by atoms with Gasteiger partial charge in [0.05, 0.1) is 0 Å². The van der Waals surface area contributed by atoms with Crippen molar-refractivity contribution in [2.24, 2.45) is 0 Å². The van der Waals surface area contributed by atoms with Crippen molar-refractivity contribution >= 4 is 34.6 Å². The van der Waals surface area contributed by atoms with Gasteiger partial charge in [0.15, 0.2) is 0 Å². The van der Waals surface area contributed by atoms with Crippen LogP contribution in [0.5, 0.6) is 0 Å². The monoisotopic (exact) mass is 506 g/mol. The first-order valence-corrected chi connectivity index (χ1v) is 12.4. The number of H-pyrrole nitrogens is 1. The highest BCUT2D eigenvalue weighted by molar-refractivity contribution is 6.00. The molecule has 2 aromatic heterocycles. The van der Waals surface area contributed by atoms with Crippen LogP contribution in [0.15, 0.2) is 48.8 Å². The topological polar surface area (TPSA) is 114 Å². The van der Waals surface area contributed by atoms with Crippen molar-refractivity contribution < 1.29 is 23.9 Å². The number of likely N-dealkylation sites (tertiary alicyclic amines) is 1. The highest BCUT2D eigenvalue weighted by atomic mass is 16.6. The molecular formula is C28H34N4O5. The Labute approximate surface area is 216 Å². The van der Waals surface area contributed by atoms with Gasteiger partial charge in [0.25, 0.3) is 0 Å². The number of carbonyl (C=O) groups excluding carboxylic acids is 3. The quantitative estimate of drug-likeness (QED) is 0.467. The first kappa shape index (κ1) is 26.2. The van der Waals surface area contributed by atoms with Crippen LogP contribution in [0.4, 0.5) is 10.5 Å². The SMILES string of the molecule is CC(C)(C)OC(=O)c1cc2cc(NC(=O)[C@H]3[C@@H](c4ccncc4)CCN3C(=O)OC(C)(C)C)ccc2[nH]1. The number of aromatic amines is 1. The molecule has 4 rings (SSSR count). The molecule has 0 saturated carbocycles. The van der Waals surface area contributed by atoms with E-state index < -0.39 is 29.3 Å². The molecule has 1 saturated heterocycles. The van der Waals surface area contributed by atoms with Gasteiger partial charge in [0.1, 0.15) is 22.9 Å². The minimum Gasteiger partial charge on any atom is -0.455 e. The molecule has 3 heterocycles. The zero-order valence-corrected chi connectivity index (χ0v) is 22.1. The van der Waals surface area contributed by atoms with Crippen LogP contribution in [-0.2, 0) is 14.3 Å². The molecule has 2 amide bonds. The Kier molecular flexibility index (Phi) is 6.99. The van der Waals surface area contributed by atoms with Gasteiger partial charge in [-0.25, -0.2) is 9.59 Å². The van der Waals surface area contributed by atoms with E-state index in [2.05, 4.69) is 15.3 Å². The van der Waals surface area contributed by atoms with Crippen molar-refractivity contribution in [3.05, 3.63) is 60.0 Å². The molecule has 0 radical (unpaired) electrons. The second kappa shape index (κ2) is 9.88. The number of benzene rings is 1. The van der Waals surface area contributed by atoms with E-state index in [4.69, 9.17) is 9.47 Å². The molecule has 2 atom stereocenters. The summed E-state index contributed by atoms with van der Waals surface area (Å²) in [6.07, 6.45) is 3.47. The third-order valence-corrected chi connectivity index (χ3v) is 5.94. The standard InChI is InChI=1S/C28H34N4O5/c1-27(2,3)36-25(34)22-16-18-15-19(7-8-21(18)31-22)30-24(33)23-20(17-9-12-29-13-10-17)11-14-32(23)26(35)37-28(4,5)6/h7-10,12-13,15-16,20,23,31H,11,14H2,1-6H3,(H,30,33)/t20-,23-/m1/s1. The van der Waals surface area contributed by atoms with E-state index in [-0.39, 0.29) is 11.8 Å². The molecule has 0 aliphatic carbocycles. The first-order valence-electron chi connectivity index (χ1n) is 12.4. The number of amides is 2. The Hall–Kier alpha value is -3.88. The fourth-order valence-electron chi connectivity index (χ4n) is 4.47. The molecular weight excluding hydrogens is 472 g/mol. The number of hydrogen-bond acceptors (Lipinski definition) is 6. The molecule has 3 aromatic rings. The Morgan fingerprint density at radius 3 is 2.30 bits per heavy atom. The Balaban J connectivity index is 1.58. The number of hydrogen-bond donors (Lipinski definition) is 2. The summed E-state index contributed by atoms with van der Waals surface area (Å²) in [6, 6.07) is 10.0. The van der Waals surface area contributed by atoms with Crippen molar-refractivity contribution in [1.82, 2.24) is 14.9 Å². The number of rotatable bonds is 4. The molecule has 2 N–H and O–H groups in total. The summed E-state index contributed by atoms with van der Waals surface area (Å²) in [6.45, 7) is 11.2. The predicted octanol–water partition coefficient (Wildman–Crippen LogP) is 5.25. The molecule has 0 bridgehead atoms. The molecule has 1 aliphatic rings. The van der Waals surface area contributed by atoms with Crippen LogP contribution in [0.1, 0.15) is 69.9 Å². The fraction of sp³-hybridized carbons (Fsp3) is 0.429. The molecule has 196 valence electrons. The lowest BCUT2D eigenvalue weighted by atomic mass is 9.92. The average molecular weight is 507 g/mol. The number of nitrogens with zero attached hydrogens (tertiary/aromatic N) is 2. The number of anilines is 1. The number of nitrogens with one attached hydrogen (secondary N) is 2. The number of carbonyl (C=O) groups is 3. The van der Waals surface area contributed by atoms with E-state index in [0.717, 1.165) is 16.5 Å². The van der Waals surface area contributed by atoms with Crippen molar-refractivity contribution in [2.75, 3.05) is 11.9 Å². The summed E-state index contributed by atoms with van der Waals surface area (Å²) in [5.74, 6) is -0.967. The van der Waals surface area contributed by atoms with Crippen molar-refractivity contribution in [2.45, 2.75) is 71.1 Å². The Morgan fingerprint density at radius 2 is 1.65 bits per heavy atom. The molecule has 9 nitrogen and oxygen atoms in total. The molecule has 1 aromatic carbocycles. The minimum absolute atomic E-state index is 0.203. The lowest BCUT2D eigenvalue weighted by Crippen LogP contribution is -2.47. The number of esters is 1. The third-order valence-electron chi connectivity index (χ3n) is 5.94. The number of aromatic nitrogens is 2. The third kappa shape index (κ3) is 6.28. The first-order chi connectivity index (χ1) is 17.3. The fourth-order valence-corrected chi connectivity index (χ4v) is 4.47. The van der Waals surface area contributed by atoms with E-state index in [9.17, 15) is 14.4 Å². The van der Waals surface area contributed by atoms with Gasteiger partial charge in [-0.1, -0.05) is 0 Å². The lowest BCUT2D eigenvalue weighted by molar-refractivity contribution is -0.120. The highest BCUT2D eigenvalue weighted by Crippen LogP contribution is 2.35. The van der Waals surface area contributed by atoms with Gasteiger partial charge in [0, 0.05) is 41.4 Å². The summed E-state index contributed by atoms with van der Waals surface area (Å²) in [5.41, 5.74) is 1.27. The van der Waals surface area contributed by atoms with E-state index in [1.54, 1.807) is 57.4 Å². The van der Waals surface area contributed by atoms with Crippen LogP contribution in [0.3, 0.4) is 0 Å². The smallest absolute Gasteiger partial charge is 0.410 e. The maximum Gasteiger partial charge on any atom is 0.410 e. The lowest BCUT2D eigenvalue weighted by Gasteiger charge is -2.30. The van der Waals surface area contributed by atoms with Gasteiger partial charge in [-0.2, -0.15) is 0 Å². The second-order valence-electron chi connectivity index (χ2n) is 11.3. The van der Waals surface area contributed by atoms with Gasteiger partial charge in [-0.05, 0) is 89.9 Å². The van der Waals surface area contributed by atoms with Gasteiger partial charge >= 0.3 is 12.1 Å². The van der Waals surface area contributed by atoms with Gasteiger partial charge in [0.2, 0.25) is 5.91 Å². The van der Waals surface area contributed by atoms with Crippen LogP contribution in [-0.4, -0.2) is 56.6 Å². The van der Waals surface area contributed by atoms with E-state index in [1.165, 1.54) is 4.90 Å². The minimum atomic E-state index is -0.753. The van der Waals surface area contributed by atoms with E-state index in [1.807, 2.05) is 32.9 Å². The number of fused-ring (bicyclic) bond motifs is 1. The predicted molar refractivity (Wildman–Crippen MR) is 140 cm³/mol. The van der Waals surface area contributed by atoms with Crippen molar-refractivity contribution in [3.63, 3.8) is 0 Å². The highest BCUT2D eigenvalue weighted by Gasteiger charge is 2.44. The van der Waals surface area contributed by atoms with Gasteiger partial charge < -0.3 is 19.8 Å². The summed E-state index contributed by atoms with van der Waals surface area (Å²) in [7, 11) is 0. The van der Waals surface area contributed by atoms with E-state index >= 15 is 0 Å². The summed E-state index contributed by atoms with van der Waals surface area (Å²) in [5, 5.41) is 3.72. The van der Waals surface area contributed by atoms with Crippen molar-refractivity contribution in [1.29, 1.82) is 0 Å². The van der Waals surface area contributed by atoms with Crippen molar-refractivity contribution in [3.8, 4) is 0 Å². The normalized spacial score (nSPS) is 18.1. The van der Waals surface area contributed by atoms with Crippen LogP contribution < -0.4 is 5.32 Å². The molecule has 9 heteroatoms. The van der Waals surface area contributed by atoms with Crippen LogP contribution >= 0.6 is 0 Å². The Morgan fingerprint density at radius 1 is 0.973 bits per heavy atom. The van der Waals surface area contributed by atoms with Crippen LogP contribution in [0.25, 0.3) is 10.9 Å². The molecule has 1 fully saturated rings. The molecule has 37 heavy (non-hydrogen) atoms. The summed E-state index contributed by atoms with van der Waals surface area (Å²) >= 11 is 0. The molecule has 0 spiro atoms.